The molecule has 62 valence electrons. The highest BCUT2D eigenvalue weighted by atomic mass is 32.1. The van der Waals surface area contributed by atoms with Gasteiger partial charge in [-0.2, -0.15) is 0 Å². The van der Waals surface area contributed by atoms with Gasteiger partial charge in [-0.25, -0.2) is 0 Å². The Bertz CT molecular complexity index is 218. The van der Waals surface area contributed by atoms with Gasteiger partial charge in [-0.15, -0.1) is 11.3 Å². The summed E-state index contributed by atoms with van der Waals surface area (Å²) >= 11 is 1.78. The standard InChI is InChI=1S/C8H14N2S/c1-6(9)8-4-3-7(11-8)5-10-2/h3-4,6,10H,5,9H2,1-2H3. The molecular formula is C8H14N2S. The van der Waals surface area contributed by atoms with Crippen molar-refractivity contribution in [1.82, 2.24) is 5.32 Å². The van der Waals surface area contributed by atoms with Crippen LogP contribution in [0.5, 0.6) is 0 Å². The van der Waals surface area contributed by atoms with Gasteiger partial charge in [0, 0.05) is 22.3 Å². The first-order valence-electron chi connectivity index (χ1n) is 3.73. The maximum absolute atomic E-state index is 5.71. The molecule has 2 nitrogen and oxygen atoms in total. The summed E-state index contributed by atoms with van der Waals surface area (Å²) < 4.78 is 0. The first-order chi connectivity index (χ1) is 5.24. The van der Waals surface area contributed by atoms with Crippen molar-refractivity contribution in [3.8, 4) is 0 Å². The Labute approximate surface area is 71.4 Å². The number of hydrogen-bond donors (Lipinski definition) is 2. The zero-order chi connectivity index (χ0) is 8.27. The molecule has 1 rings (SSSR count). The number of nitrogens with one attached hydrogen (secondary N) is 1. The summed E-state index contributed by atoms with van der Waals surface area (Å²) in [5.41, 5.74) is 5.71. The van der Waals surface area contributed by atoms with E-state index in [1.165, 1.54) is 9.75 Å². The molecule has 0 aliphatic heterocycles. The van der Waals surface area contributed by atoms with Crippen LogP contribution < -0.4 is 11.1 Å². The van der Waals surface area contributed by atoms with Gasteiger partial charge in [-0.05, 0) is 26.1 Å². The summed E-state index contributed by atoms with van der Waals surface area (Å²) in [7, 11) is 1.95. The van der Waals surface area contributed by atoms with E-state index in [0.29, 0.717) is 0 Å². The predicted molar refractivity (Wildman–Crippen MR) is 49.7 cm³/mol. The fourth-order valence-corrected chi connectivity index (χ4v) is 1.89. The summed E-state index contributed by atoms with van der Waals surface area (Å²) in [6.07, 6.45) is 0. The van der Waals surface area contributed by atoms with Crippen LogP contribution in [0.2, 0.25) is 0 Å². The Hall–Kier alpha value is -0.380. The van der Waals surface area contributed by atoms with Crippen molar-refractivity contribution in [3.63, 3.8) is 0 Å². The lowest BCUT2D eigenvalue weighted by atomic mass is 10.3. The molecule has 1 heterocycles. The zero-order valence-electron chi connectivity index (χ0n) is 6.92. The number of nitrogens with two attached hydrogens (primary N) is 1. The van der Waals surface area contributed by atoms with Crippen molar-refractivity contribution < 1.29 is 0 Å². The Kier molecular flexibility index (Phi) is 3.05. The summed E-state index contributed by atoms with van der Waals surface area (Å²) in [5, 5.41) is 3.11. The number of rotatable bonds is 3. The van der Waals surface area contributed by atoms with Crippen LogP contribution in [-0.4, -0.2) is 7.05 Å². The summed E-state index contributed by atoms with van der Waals surface area (Å²) in [6, 6.07) is 4.40. The molecule has 0 aliphatic carbocycles. The maximum Gasteiger partial charge on any atom is 0.0361 e. The van der Waals surface area contributed by atoms with Gasteiger partial charge >= 0.3 is 0 Å². The minimum atomic E-state index is 0.172. The number of hydrogen-bond acceptors (Lipinski definition) is 3. The highest BCUT2D eigenvalue weighted by Crippen LogP contribution is 2.20. The van der Waals surface area contributed by atoms with Crippen molar-refractivity contribution in [1.29, 1.82) is 0 Å². The average molecular weight is 170 g/mol. The van der Waals surface area contributed by atoms with Crippen molar-refractivity contribution in [2.75, 3.05) is 7.05 Å². The lowest BCUT2D eigenvalue weighted by molar-refractivity contribution is 0.831. The Balaban J connectivity index is 2.66. The SMILES string of the molecule is CNCc1ccc(C(C)N)s1. The molecule has 1 aromatic rings. The van der Waals surface area contributed by atoms with E-state index < -0.39 is 0 Å². The predicted octanol–water partition coefficient (Wildman–Crippen LogP) is 1.49. The van der Waals surface area contributed by atoms with Gasteiger partial charge in [0.25, 0.3) is 0 Å². The molecule has 0 saturated carbocycles. The maximum atomic E-state index is 5.71. The van der Waals surface area contributed by atoms with Gasteiger partial charge < -0.3 is 11.1 Å². The van der Waals surface area contributed by atoms with Crippen LogP contribution in [0.15, 0.2) is 12.1 Å². The molecule has 11 heavy (non-hydrogen) atoms. The third-order valence-electron chi connectivity index (χ3n) is 1.48. The van der Waals surface area contributed by atoms with Crippen LogP contribution in [0.25, 0.3) is 0 Å². The molecule has 0 aromatic carbocycles. The molecule has 3 N–H and O–H groups in total. The second-order valence-electron chi connectivity index (χ2n) is 2.62. The third kappa shape index (κ3) is 2.29. The lowest BCUT2D eigenvalue weighted by Gasteiger charge is -1.98. The average Bonchev–Trinajstić information content (AvgIpc) is 2.37. The zero-order valence-corrected chi connectivity index (χ0v) is 7.74. The highest BCUT2D eigenvalue weighted by Gasteiger charge is 2.02. The van der Waals surface area contributed by atoms with E-state index in [9.17, 15) is 0 Å². The van der Waals surface area contributed by atoms with E-state index in [1.54, 1.807) is 11.3 Å². The van der Waals surface area contributed by atoms with Crippen molar-refractivity contribution in [2.45, 2.75) is 19.5 Å². The van der Waals surface area contributed by atoms with Crippen LogP contribution in [-0.2, 0) is 6.54 Å². The normalized spacial score (nSPS) is 13.4. The van der Waals surface area contributed by atoms with Gasteiger partial charge in [-0.3, -0.25) is 0 Å². The lowest BCUT2D eigenvalue weighted by Crippen LogP contribution is -2.03. The van der Waals surface area contributed by atoms with Crippen LogP contribution >= 0.6 is 11.3 Å². The molecule has 0 spiro atoms. The second kappa shape index (κ2) is 3.85. The Morgan fingerprint density at radius 2 is 2.36 bits per heavy atom. The fourth-order valence-electron chi connectivity index (χ4n) is 0.908. The molecule has 1 unspecified atom stereocenters. The highest BCUT2D eigenvalue weighted by molar-refractivity contribution is 7.12. The first-order valence-corrected chi connectivity index (χ1v) is 4.54. The summed E-state index contributed by atoms with van der Waals surface area (Å²) in [4.78, 5) is 2.61. The van der Waals surface area contributed by atoms with Crippen LogP contribution in [0.3, 0.4) is 0 Å². The largest absolute Gasteiger partial charge is 0.324 e. The molecule has 1 aromatic heterocycles. The molecule has 0 amide bonds. The molecular weight excluding hydrogens is 156 g/mol. The van der Waals surface area contributed by atoms with Gasteiger partial charge in [-0.1, -0.05) is 0 Å². The number of thiophene rings is 1. The monoisotopic (exact) mass is 170 g/mol. The second-order valence-corrected chi connectivity index (χ2v) is 3.82. The summed E-state index contributed by atoms with van der Waals surface area (Å²) in [5.74, 6) is 0. The van der Waals surface area contributed by atoms with Gasteiger partial charge in [0.2, 0.25) is 0 Å². The van der Waals surface area contributed by atoms with Gasteiger partial charge in [0.1, 0.15) is 0 Å². The van der Waals surface area contributed by atoms with Gasteiger partial charge in [0.05, 0.1) is 0 Å². The molecule has 0 fully saturated rings. The topological polar surface area (TPSA) is 38.0 Å². The van der Waals surface area contributed by atoms with E-state index in [1.807, 2.05) is 14.0 Å². The van der Waals surface area contributed by atoms with Crippen LogP contribution in [0.4, 0.5) is 0 Å². The quantitative estimate of drug-likeness (QED) is 0.721. The molecule has 0 radical (unpaired) electrons. The van der Waals surface area contributed by atoms with Crippen LogP contribution in [0.1, 0.15) is 22.7 Å². The van der Waals surface area contributed by atoms with Crippen molar-refractivity contribution in [2.24, 2.45) is 5.73 Å². The molecule has 0 saturated heterocycles. The molecule has 1 atom stereocenters. The molecule has 0 aliphatic rings. The van der Waals surface area contributed by atoms with Crippen molar-refractivity contribution >= 4 is 11.3 Å². The smallest absolute Gasteiger partial charge is 0.0361 e. The minimum absolute atomic E-state index is 0.172. The van der Waals surface area contributed by atoms with E-state index in [2.05, 4.69) is 17.4 Å². The van der Waals surface area contributed by atoms with E-state index in [0.717, 1.165) is 6.54 Å². The Morgan fingerprint density at radius 1 is 1.64 bits per heavy atom. The van der Waals surface area contributed by atoms with E-state index in [4.69, 9.17) is 5.73 Å². The fraction of sp³-hybridized carbons (Fsp3) is 0.500. The van der Waals surface area contributed by atoms with Crippen molar-refractivity contribution in [3.05, 3.63) is 21.9 Å². The van der Waals surface area contributed by atoms with E-state index in [-0.39, 0.29) is 6.04 Å². The first kappa shape index (κ1) is 8.71. The molecule has 3 heteroatoms. The van der Waals surface area contributed by atoms with Crippen LogP contribution in [0, 0.1) is 0 Å². The van der Waals surface area contributed by atoms with E-state index >= 15 is 0 Å². The minimum Gasteiger partial charge on any atom is -0.324 e. The van der Waals surface area contributed by atoms with Gasteiger partial charge in [0.15, 0.2) is 0 Å². The Morgan fingerprint density at radius 3 is 2.82 bits per heavy atom. The molecule has 0 bridgehead atoms. The third-order valence-corrected chi connectivity index (χ3v) is 2.77. The summed E-state index contributed by atoms with van der Waals surface area (Å²) in [6.45, 7) is 2.95.